The van der Waals surface area contributed by atoms with E-state index in [1.807, 2.05) is 63.4 Å². The molecule has 42 heavy (non-hydrogen) atoms. The molecule has 0 bridgehead atoms. The first-order valence-electron chi connectivity index (χ1n) is 14.4. The van der Waals surface area contributed by atoms with Gasteiger partial charge in [-0.25, -0.2) is 24.1 Å². The number of nitrogens with zero attached hydrogens (tertiary/aromatic N) is 6. The highest BCUT2D eigenvalue weighted by atomic mass is 19.1. The molecule has 0 spiro atoms. The van der Waals surface area contributed by atoms with E-state index in [0.29, 0.717) is 41.8 Å². The van der Waals surface area contributed by atoms with E-state index in [2.05, 4.69) is 19.9 Å². The van der Waals surface area contributed by atoms with Crippen molar-refractivity contribution >= 4 is 39.7 Å². The quantitative estimate of drug-likeness (QED) is 0.245. The number of hydrogen-bond acceptors (Lipinski definition) is 7. The molecular weight excluding hydrogens is 533 g/mol. The fraction of sp³-hybridized carbons (Fsp3) is 0.344. The predicted molar refractivity (Wildman–Crippen MR) is 159 cm³/mol. The zero-order valence-electron chi connectivity index (χ0n) is 23.8. The van der Waals surface area contributed by atoms with Crippen molar-refractivity contribution in [3.63, 3.8) is 0 Å². The number of pyridine rings is 3. The molecule has 1 saturated carbocycles. The predicted octanol–water partition coefficient (Wildman–Crippen LogP) is 6.98. The molecule has 1 atom stereocenters. The standard InChI is InChI=1S/C32H32FN7O2/c1-32(2,3)42-31(41)39-13-11-21(18-39)40-29-23-14-20(9-10-25(23)35-17-26(29)37-30(40)19-7-8-19)22-15-28(36-16-24(22)33)38-27-6-4-5-12-34-27/h4-6,9-10,12,14-17,19,21H,7-8,11,13,18H2,1-3H3,(H,34,36,38)/t21-/m1/s1. The minimum absolute atomic E-state index is 0.0548. The Bertz CT molecular complexity index is 1810. The van der Waals surface area contributed by atoms with Crippen LogP contribution in [0.4, 0.5) is 20.8 Å². The van der Waals surface area contributed by atoms with E-state index < -0.39 is 11.4 Å². The average molecular weight is 566 g/mol. The second kappa shape index (κ2) is 10.0. The number of halogens is 1. The van der Waals surface area contributed by atoms with Crippen LogP contribution in [0.5, 0.6) is 0 Å². The molecule has 2 fully saturated rings. The molecule has 0 radical (unpaired) electrons. The van der Waals surface area contributed by atoms with Gasteiger partial charge in [-0.1, -0.05) is 12.1 Å². The Kier molecular flexibility index (Phi) is 6.29. The Balaban J connectivity index is 1.30. The molecule has 1 aromatic carbocycles. The molecular formula is C32H32FN7O2. The van der Waals surface area contributed by atoms with Crippen molar-refractivity contribution in [2.75, 3.05) is 18.4 Å². The van der Waals surface area contributed by atoms with Crippen LogP contribution in [-0.2, 0) is 4.74 Å². The van der Waals surface area contributed by atoms with Crippen molar-refractivity contribution < 1.29 is 13.9 Å². The Labute approximate surface area is 242 Å². The number of carbonyl (C=O) groups excluding carboxylic acids is 1. The Morgan fingerprint density at radius 1 is 1.00 bits per heavy atom. The molecule has 9 nitrogen and oxygen atoms in total. The Morgan fingerprint density at radius 3 is 2.62 bits per heavy atom. The molecule has 2 aliphatic rings. The summed E-state index contributed by atoms with van der Waals surface area (Å²) in [5, 5.41) is 4.05. The van der Waals surface area contributed by atoms with Crippen LogP contribution < -0.4 is 5.32 Å². The van der Waals surface area contributed by atoms with Crippen molar-refractivity contribution in [3.05, 3.63) is 72.7 Å². The maximum atomic E-state index is 15.2. The third-order valence-electron chi connectivity index (χ3n) is 7.75. The van der Waals surface area contributed by atoms with Gasteiger partial charge in [0.05, 0.1) is 29.5 Å². The number of fused-ring (bicyclic) bond motifs is 3. The first kappa shape index (κ1) is 26.3. The number of benzene rings is 1. The van der Waals surface area contributed by atoms with Crippen LogP contribution in [-0.4, -0.2) is 54.2 Å². The molecule has 214 valence electrons. The van der Waals surface area contributed by atoms with Gasteiger partial charge in [-0.3, -0.25) is 4.98 Å². The van der Waals surface area contributed by atoms with Crippen LogP contribution in [0.15, 0.2) is 61.1 Å². The van der Waals surface area contributed by atoms with Crippen LogP contribution in [0.2, 0.25) is 0 Å². The van der Waals surface area contributed by atoms with Gasteiger partial charge in [0.2, 0.25) is 0 Å². The van der Waals surface area contributed by atoms with Gasteiger partial charge >= 0.3 is 6.09 Å². The second-order valence-corrected chi connectivity index (χ2v) is 12.1. The van der Waals surface area contributed by atoms with Crippen molar-refractivity contribution in [2.24, 2.45) is 0 Å². The van der Waals surface area contributed by atoms with Crippen molar-refractivity contribution in [1.29, 1.82) is 0 Å². The number of likely N-dealkylation sites (tertiary alicyclic amines) is 1. The van der Waals surface area contributed by atoms with Gasteiger partial charge in [0.15, 0.2) is 0 Å². The summed E-state index contributed by atoms with van der Waals surface area (Å²) < 4.78 is 23.2. The van der Waals surface area contributed by atoms with E-state index in [9.17, 15) is 4.79 Å². The van der Waals surface area contributed by atoms with Crippen molar-refractivity contribution in [2.45, 2.75) is 57.6 Å². The summed E-state index contributed by atoms with van der Waals surface area (Å²) in [5.74, 6) is 2.13. The minimum atomic E-state index is -0.552. The highest BCUT2D eigenvalue weighted by Gasteiger charge is 2.37. The third kappa shape index (κ3) is 5.01. The number of aromatic nitrogens is 5. The highest BCUT2D eigenvalue weighted by molar-refractivity contribution is 6.04. The molecule has 0 unspecified atom stereocenters. The summed E-state index contributed by atoms with van der Waals surface area (Å²) in [6, 6.07) is 13.1. The molecule has 1 N–H and O–H groups in total. The lowest BCUT2D eigenvalue weighted by atomic mass is 10.0. The van der Waals surface area contributed by atoms with Crippen LogP contribution >= 0.6 is 0 Å². The summed E-state index contributed by atoms with van der Waals surface area (Å²) in [4.78, 5) is 32.9. The monoisotopic (exact) mass is 565 g/mol. The lowest BCUT2D eigenvalue weighted by Gasteiger charge is -2.25. The number of amides is 1. The average Bonchev–Trinajstić information content (AvgIpc) is 3.55. The van der Waals surface area contributed by atoms with Crippen LogP contribution in [0, 0.1) is 5.82 Å². The second-order valence-electron chi connectivity index (χ2n) is 12.1. The lowest BCUT2D eigenvalue weighted by Crippen LogP contribution is -2.35. The summed E-state index contributed by atoms with van der Waals surface area (Å²) in [5.41, 5.74) is 3.17. The Morgan fingerprint density at radius 2 is 1.86 bits per heavy atom. The lowest BCUT2D eigenvalue weighted by molar-refractivity contribution is 0.0289. The summed E-state index contributed by atoms with van der Waals surface area (Å²) in [6.07, 6.45) is 7.43. The number of carbonyl (C=O) groups is 1. The van der Waals surface area contributed by atoms with Gasteiger partial charge in [-0.2, -0.15) is 0 Å². The molecule has 10 heteroatoms. The maximum Gasteiger partial charge on any atom is 0.410 e. The maximum absolute atomic E-state index is 15.2. The molecule has 1 aliphatic carbocycles. The van der Waals surface area contributed by atoms with Gasteiger partial charge in [0.25, 0.3) is 0 Å². The highest BCUT2D eigenvalue weighted by Crippen LogP contribution is 2.44. The SMILES string of the molecule is CC(C)(C)OC(=O)N1CC[C@@H](n2c(C3CC3)nc3cnc4ccc(-c5cc(Nc6ccccn6)ncc5F)cc4c32)C1. The third-order valence-corrected chi connectivity index (χ3v) is 7.75. The summed E-state index contributed by atoms with van der Waals surface area (Å²) in [6.45, 7) is 6.81. The van der Waals surface area contributed by atoms with Gasteiger partial charge in [-0.15, -0.1) is 0 Å². The molecule has 5 aromatic rings. The molecule has 5 heterocycles. The van der Waals surface area contributed by atoms with Gasteiger partial charge in [0.1, 0.15) is 34.4 Å². The first-order valence-corrected chi connectivity index (χ1v) is 14.4. The van der Waals surface area contributed by atoms with E-state index >= 15 is 4.39 Å². The molecule has 1 saturated heterocycles. The zero-order chi connectivity index (χ0) is 29.0. The number of anilines is 2. The van der Waals surface area contributed by atoms with E-state index in [4.69, 9.17) is 14.7 Å². The molecule has 1 aliphatic heterocycles. The smallest absolute Gasteiger partial charge is 0.410 e. The number of ether oxygens (including phenoxy) is 1. The van der Waals surface area contributed by atoms with E-state index in [-0.39, 0.29) is 12.1 Å². The zero-order valence-corrected chi connectivity index (χ0v) is 23.8. The fourth-order valence-electron chi connectivity index (χ4n) is 5.70. The van der Waals surface area contributed by atoms with Gasteiger partial charge < -0.3 is 19.5 Å². The number of hydrogen-bond donors (Lipinski definition) is 1. The van der Waals surface area contributed by atoms with E-state index in [1.165, 1.54) is 6.20 Å². The molecule has 4 aromatic heterocycles. The van der Waals surface area contributed by atoms with Crippen LogP contribution in [0.25, 0.3) is 33.1 Å². The minimum Gasteiger partial charge on any atom is -0.444 e. The number of nitrogens with one attached hydrogen (secondary N) is 1. The number of imidazole rings is 1. The van der Waals surface area contributed by atoms with Gasteiger partial charge in [0, 0.05) is 36.2 Å². The fourth-order valence-corrected chi connectivity index (χ4v) is 5.70. The molecule has 7 rings (SSSR count). The van der Waals surface area contributed by atoms with E-state index in [0.717, 1.165) is 47.0 Å². The van der Waals surface area contributed by atoms with E-state index in [1.54, 1.807) is 17.2 Å². The van der Waals surface area contributed by atoms with Crippen molar-refractivity contribution in [1.82, 2.24) is 29.4 Å². The number of rotatable bonds is 5. The normalized spacial score (nSPS) is 17.2. The summed E-state index contributed by atoms with van der Waals surface area (Å²) >= 11 is 0. The van der Waals surface area contributed by atoms with Crippen LogP contribution in [0.3, 0.4) is 0 Å². The first-order chi connectivity index (χ1) is 20.2. The topological polar surface area (TPSA) is 98.1 Å². The summed E-state index contributed by atoms with van der Waals surface area (Å²) in [7, 11) is 0. The van der Waals surface area contributed by atoms with Crippen LogP contribution in [0.1, 0.15) is 57.8 Å². The largest absolute Gasteiger partial charge is 0.444 e. The molecule has 1 amide bonds. The van der Waals surface area contributed by atoms with Crippen molar-refractivity contribution in [3.8, 4) is 11.1 Å². The Hall–Kier alpha value is -4.60. The van der Waals surface area contributed by atoms with Gasteiger partial charge in [-0.05, 0) is 75.9 Å².